The lowest BCUT2D eigenvalue weighted by molar-refractivity contribution is -0.128. The molecule has 0 aromatic heterocycles. The lowest BCUT2D eigenvalue weighted by atomic mass is 10.2. The van der Waals surface area contributed by atoms with Crippen LogP contribution in [0.5, 0.6) is 11.5 Å². The first-order chi connectivity index (χ1) is 11.6. The van der Waals surface area contributed by atoms with Crippen LogP contribution in [-0.4, -0.2) is 25.2 Å². The van der Waals surface area contributed by atoms with Gasteiger partial charge in [0.25, 0.3) is 5.91 Å². The molecule has 2 rings (SSSR count). The average molecular weight is 352 g/mol. The molecule has 0 radical (unpaired) electrons. The number of amides is 1. The lowest BCUT2D eigenvalue weighted by Gasteiger charge is -2.17. The fourth-order valence-corrected chi connectivity index (χ4v) is 2.11. The molecule has 0 spiro atoms. The van der Waals surface area contributed by atoms with Crippen molar-refractivity contribution >= 4 is 17.5 Å². The Balaban J connectivity index is 1.75. The molecule has 128 valence electrons. The number of hydrogen-bond acceptors (Lipinski definition) is 3. The minimum absolute atomic E-state index is 0.213. The van der Waals surface area contributed by atoms with Gasteiger partial charge in [-0.1, -0.05) is 18.5 Å². The predicted octanol–water partition coefficient (Wildman–Crippen LogP) is 3.83. The molecule has 4 nitrogen and oxygen atoms in total. The van der Waals surface area contributed by atoms with E-state index in [0.29, 0.717) is 29.5 Å². The highest BCUT2D eigenvalue weighted by molar-refractivity contribution is 6.30. The normalized spacial score (nSPS) is 11.6. The Morgan fingerprint density at radius 1 is 1.12 bits per heavy atom. The fraction of sp³-hybridized carbons (Fsp3) is 0.278. The lowest BCUT2D eigenvalue weighted by Crippen LogP contribution is -2.39. The van der Waals surface area contributed by atoms with Crippen LogP contribution < -0.4 is 14.8 Å². The van der Waals surface area contributed by atoms with Crippen molar-refractivity contribution in [2.45, 2.75) is 19.4 Å². The largest absolute Gasteiger partial charge is 0.492 e. The van der Waals surface area contributed by atoms with E-state index >= 15 is 0 Å². The SMILES string of the molecule is CCC(Oc1ccc(Cl)cc1)C(=O)NCCOc1ccc(F)cc1. The third kappa shape index (κ3) is 5.74. The van der Waals surface area contributed by atoms with Crippen molar-refractivity contribution in [3.05, 3.63) is 59.4 Å². The second kappa shape index (κ2) is 9.13. The Morgan fingerprint density at radius 3 is 2.38 bits per heavy atom. The number of benzene rings is 2. The van der Waals surface area contributed by atoms with Gasteiger partial charge in [-0.3, -0.25) is 4.79 Å². The number of nitrogens with one attached hydrogen (secondary N) is 1. The standard InChI is InChI=1S/C18H19ClFNO3/c1-2-17(24-16-7-3-13(19)4-8-16)18(22)21-11-12-23-15-9-5-14(20)6-10-15/h3-10,17H,2,11-12H2,1H3,(H,21,22). The maximum absolute atomic E-state index is 12.8. The van der Waals surface area contributed by atoms with Crippen molar-refractivity contribution in [1.29, 1.82) is 0 Å². The van der Waals surface area contributed by atoms with E-state index in [1.54, 1.807) is 24.3 Å². The van der Waals surface area contributed by atoms with E-state index in [1.165, 1.54) is 24.3 Å². The van der Waals surface area contributed by atoms with Crippen LogP contribution in [0.2, 0.25) is 5.02 Å². The zero-order valence-corrected chi connectivity index (χ0v) is 14.1. The Kier molecular flexibility index (Phi) is 6.88. The molecule has 0 fully saturated rings. The van der Waals surface area contributed by atoms with Crippen molar-refractivity contribution in [3.63, 3.8) is 0 Å². The average Bonchev–Trinajstić information content (AvgIpc) is 2.59. The van der Waals surface area contributed by atoms with Crippen molar-refractivity contribution in [1.82, 2.24) is 5.32 Å². The minimum atomic E-state index is -0.586. The minimum Gasteiger partial charge on any atom is -0.492 e. The molecule has 1 N–H and O–H groups in total. The molecule has 0 saturated heterocycles. The first-order valence-corrected chi connectivity index (χ1v) is 8.04. The zero-order valence-electron chi connectivity index (χ0n) is 13.3. The van der Waals surface area contributed by atoms with E-state index in [-0.39, 0.29) is 18.3 Å². The molecule has 0 bridgehead atoms. The molecule has 24 heavy (non-hydrogen) atoms. The van der Waals surface area contributed by atoms with Crippen molar-refractivity contribution in [2.75, 3.05) is 13.2 Å². The van der Waals surface area contributed by atoms with Crippen LogP contribution >= 0.6 is 11.6 Å². The molecule has 1 amide bonds. The van der Waals surface area contributed by atoms with E-state index in [9.17, 15) is 9.18 Å². The number of halogens is 2. The molecule has 0 aliphatic carbocycles. The van der Waals surface area contributed by atoms with Gasteiger partial charge in [0.2, 0.25) is 0 Å². The number of ether oxygens (including phenoxy) is 2. The van der Waals surface area contributed by atoms with Crippen LogP contribution in [0, 0.1) is 5.82 Å². The summed E-state index contributed by atoms with van der Waals surface area (Å²) in [6.07, 6.45) is -0.0511. The van der Waals surface area contributed by atoms with Gasteiger partial charge in [0.05, 0.1) is 6.54 Å². The van der Waals surface area contributed by atoms with Crippen molar-refractivity contribution in [2.24, 2.45) is 0 Å². The molecule has 2 aromatic rings. The van der Waals surface area contributed by atoms with Gasteiger partial charge >= 0.3 is 0 Å². The number of carbonyl (C=O) groups is 1. The summed E-state index contributed by atoms with van der Waals surface area (Å²) in [5.41, 5.74) is 0. The van der Waals surface area contributed by atoms with E-state index < -0.39 is 6.10 Å². The molecular formula is C18H19ClFNO3. The van der Waals surface area contributed by atoms with Gasteiger partial charge in [0.1, 0.15) is 23.9 Å². The summed E-state index contributed by atoms with van der Waals surface area (Å²) in [5, 5.41) is 3.37. The van der Waals surface area contributed by atoms with Crippen LogP contribution in [-0.2, 0) is 4.79 Å². The Hall–Kier alpha value is -2.27. The van der Waals surface area contributed by atoms with Crippen LogP contribution in [0.25, 0.3) is 0 Å². The topological polar surface area (TPSA) is 47.6 Å². The Bertz CT molecular complexity index is 646. The van der Waals surface area contributed by atoms with Crippen molar-refractivity contribution < 1.29 is 18.7 Å². The molecular weight excluding hydrogens is 333 g/mol. The molecule has 0 aliphatic rings. The molecule has 0 saturated carbocycles. The third-order valence-electron chi connectivity index (χ3n) is 3.24. The highest BCUT2D eigenvalue weighted by atomic mass is 35.5. The number of carbonyl (C=O) groups excluding carboxylic acids is 1. The fourth-order valence-electron chi connectivity index (χ4n) is 1.99. The maximum Gasteiger partial charge on any atom is 0.261 e. The summed E-state index contributed by atoms with van der Waals surface area (Å²) in [7, 11) is 0. The quantitative estimate of drug-likeness (QED) is 0.735. The van der Waals surface area contributed by atoms with Gasteiger partial charge in [-0.15, -0.1) is 0 Å². The zero-order chi connectivity index (χ0) is 17.4. The molecule has 1 unspecified atom stereocenters. The number of rotatable bonds is 8. The maximum atomic E-state index is 12.8. The monoisotopic (exact) mass is 351 g/mol. The van der Waals surface area contributed by atoms with E-state index in [0.717, 1.165) is 0 Å². The third-order valence-corrected chi connectivity index (χ3v) is 3.49. The van der Waals surface area contributed by atoms with Gasteiger partial charge in [0, 0.05) is 5.02 Å². The Morgan fingerprint density at radius 2 is 1.75 bits per heavy atom. The molecule has 0 heterocycles. The van der Waals surface area contributed by atoms with Gasteiger partial charge in [-0.05, 0) is 55.0 Å². The predicted molar refractivity (Wildman–Crippen MR) is 91.1 cm³/mol. The van der Waals surface area contributed by atoms with Gasteiger partial charge in [0.15, 0.2) is 6.10 Å². The smallest absolute Gasteiger partial charge is 0.261 e. The van der Waals surface area contributed by atoms with Crippen LogP contribution in [0.1, 0.15) is 13.3 Å². The van der Waals surface area contributed by atoms with E-state index in [4.69, 9.17) is 21.1 Å². The van der Waals surface area contributed by atoms with E-state index in [1.807, 2.05) is 6.92 Å². The summed E-state index contributed by atoms with van der Waals surface area (Å²) in [6, 6.07) is 12.6. The molecule has 1 atom stereocenters. The first-order valence-electron chi connectivity index (χ1n) is 7.67. The van der Waals surface area contributed by atoms with E-state index in [2.05, 4.69) is 5.32 Å². The molecule has 0 aliphatic heterocycles. The first kappa shape index (κ1) is 18.1. The second-order valence-corrected chi connectivity index (χ2v) is 5.50. The summed E-state index contributed by atoms with van der Waals surface area (Å²) in [6.45, 7) is 2.49. The van der Waals surface area contributed by atoms with Gasteiger partial charge < -0.3 is 14.8 Å². The number of hydrogen-bond donors (Lipinski definition) is 1. The summed E-state index contributed by atoms with van der Waals surface area (Å²) in [5.74, 6) is 0.606. The highest BCUT2D eigenvalue weighted by Crippen LogP contribution is 2.17. The highest BCUT2D eigenvalue weighted by Gasteiger charge is 2.17. The molecule has 6 heteroatoms. The Labute approximate surface area is 145 Å². The van der Waals surface area contributed by atoms with Crippen LogP contribution in [0.4, 0.5) is 4.39 Å². The van der Waals surface area contributed by atoms with Crippen LogP contribution in [0.15, 0.2) is 48.5 Å². The van der Waals surface area contributed by atoms with Gasteiger partial charge in [-0.25, -0.2) is 4.39 Å². The van der Waals surface area contributed by atoms with Crippen LogP contribution in [0.3, 0.4) is 0 Å². The van der Waals surface area contributed by atoms with Gasteiger partial charge in [-0.2, -0.15) is 0 Å². The summed E-state index contributed by atoms with van der Waals surface area (Å²) in [4.78, 5) is 12.1. The van der Waals surface area contributed by atoms with Crippen molar-refractivity contribution in [3.8, 4) is 11.5 Å². The second-order valence-electron chi connectivity index (χ2n) is 5.06. The molecule has 2 aromatic carbocycles. The summed E-state index contributed by atoms with van der Waals surface area (Å²) < 4.78 is 23.9. The summed E-state index contributed by atoms with van der Waals surface area (Å²) >= 11 is 5.82.